The van der Waals surface area contributed by atoms with Gasteiger partial charge in [0, 0.05) is 48.2 Å². The highest BCUT2D eigenvalue weighted by Gasteiger charge is 2.36. The fourth-order valence-electron chi connectivity index (χ4n) is 3.43. The number of carbonyl (C=O) groups excluding carboxylic acids is 2. The smallest absolute Gasteiger partial charge is 0.254 e. The van der Waals surface area contributed by atoms with Gasteiger partial charge in [0.05, 0.1) is 0 Å². The third-order valence-electron chi connectivity index (χ3n) is 5.40. The maximum absolute atomic E-state index is 13.0. The highest BCUT2D eigenvalue weighted by molar-refractivity contribution is 6.04. The monoisotopic (exact) mass is 400 g/mol. The van der Waals surface area contributed by atoms with Crippen LogP contribution in [0.2, 0.25) is 0 Å². The average Bonchev–Trinajstić information content (AvgIpc) is 3.50. The molecular weight excluding hydrogens is 376 g/mol. The molecule has 6 heteroatoms. The van der Waals surface area contributed by atoms with Gasteiger partial charge >= 0.3 is 0 Å². The summed E-state index contributed by atoms with van der Waals surface area (Å²) in [6.45, 7) is 6.74. The van der Waals surface area contributed by atoms with Crippen LogP contribution in [0.15, 0.2) is 54.9 Å². The van der Waals surface area contributed by atoms with Gasteiger partial charge in [-0.05, 0) is 49.6 Å². The summed E-state index contributed by atoms with van der Waals surface area (Å²) in [5, 5.41) is 2.93. The molecule has 1 unspecified atom stereocenters. The summed E-state index contributed by atoms with van der Waals surface area (Å²) in [5.41, 5.74) is 4.40. The van der Waals surface area contributed by atoms with Crippen LogP contribution < -0.4 is 5.32 Å². The topological polar surface area (TPSA) is 75.0 Å². The Bertz CT molecular complexity index is 1090. The first-order valence-corrected chi connectivity index (χ1v) is 10.0. The van der Waals surface area contributed by atoms with E-state index in [0.29, 0.717) is 29.1 Å². The molecule has 1 aliphatic heterocycles. The third-order valence-corrected chi connectivity index (χ3v) is 5.40. The van der Waals surface area contributed by atoms with E-state index in [-0.39, 0.29) is 17.9 Å². The van der Waals surface area contributed by atoms with Gasteiger partial charge in [-0.1, -0.05) is 30.3 Å². The lowest BCUT2D eigenvalue weighted by Gasteiger charge is -2.15. The molecule has 0 bridgehead atoms. The molecule has 152 valence electrons. The van der Waals surface area contributed by atoms with Gasteiger partial charge in [-0.25, -0.2) is 9.97 Å². The van der Waals surface area contributed by atoms with Crippen molar-refractivity contribution in [3.05, 3.63) is 82.9 Å². The normalized spacial score (nSPS) is 15.0. The first-order valence-electron chi connectivity index (χ1n) is 10.0. The maximum atomic E-state index is 13.0. The highest BCUT2D eigenvalue weighted by Crippen LogP contribution is 2.29. The number of amides is 2. The fourth-order valence-corrected chi connectivity index (χ4v) is 3.43. The molecule has 0 aliphatic carbocycles. The highest BCUT2D eigenvalue weighted by atomic mass is 16.2. The van der Waals surface area contributed by atoms with Crippen molar-refractivity contribution in [3.63, 3.8) is 0 Å². The van der Waals surface area contributed by atoms with E-state index in [4.69, 9.17) is 0 Å². The van der Waals surface area contributed by atoms with E-state index in [9.17, 15) is 9.59 Å². The Kier molecular flexibility index (Phi) is 5.31. The second kappa shape index (κ2) is 8.06. The molecule has 1 atom stereocenters. The SMILES string of the molecule is Cc1ncc(CNC(=O)c2cc(-c3ccccc3)cc(C(=O)N3CC3C)c2C)cn1. The van der Waals surface area contributed by atoms with Crippen molar-refractivity contribution in [2.24, 2.45) is 0 Å². The number of carbonyl (C=O) groups is 2. The quantitative estimate of drug-likeness (QED) is 0.665. The van der Waals surface area contributed by atoms with Crippen LogP contribution in [0.4, 0.5) is 0 Å². The number of benzene rings is 2. The van der Waals surface area contributed by atoms with Crippen LogP contribution in [0.5, 0.6) is 0 Å². The summed E-state index contributed by atoms with van der Waals surface area (Å²) in [7, 11) is 0. The van der Waals surface area contributed by atoms with Crippen molar-refractivity contribution < 1.29 is 9.59 Å². The van der Waals surface area contributed by atoms with E-state index in [0.717, 1.165) is 23.2 Å². The number of nitrogens with zero attached hydrogens (tertiary/aromatic N) is 3. The van der Waals surface area contributed by atoms with E-state index in [1.807, 2.05) is 68.1 Å². The van der Waals surface area contributed by atoms with E-state index in [1.165, 1.54) is 0 Å². The summed E-state index contributed by atoms with van der Waals surface area (Å²) >= 11 is 0. The zero-order chi connectivity index (χ0) is 21.3. The zero-order valence-corrected chi connectivity index (χ0v) is 17.3. The molecule has 0 spiro atoms. The molecule has 1 saturated heterocycles. The van der Waals surface area contributed by atoms with Gasteiger partial charge in [-0.2, -0.15) is 0 Å². The second-order valence-electron chi connectivity index (χ2n) is 7.69. The van der Waals surface area contributed by atoms with E-state index in [1.54, 1.807) is 12.4 Å². The van der Waals surface area contributed by atoms with Crippen molar-refractivity contribution >= 4 is 11.8 Å². The molecule has 4 rings (SSSR count). The van der Waals surface area contributed by atoms with Crippen molar-refractivity contribution in [2.45, 2.75) is 33.4 Å². The zero-order valence-electron chi connectivity index (χ0n) is 17.3. The minimum absolute atomic E-state index is 0.0289. The van der Waals surface area contributed by atoms with Crippen molar-refractivity contribution in [3.8, 4) is 11.1 Å². The standard InChI is InChI=1S/C24H24N4O2/c1-15-14-28(15)24(30)22-10-20(19-7-5-4-6-8-19)9-21(16(22)2)23(29)27-13-18-11-25-17(3)26-12-18/h4-12,15H,13-14H2,1-3H3,(H,27,29). The Hall–Kier alpha value is -3.54. The van der Waals surface area contributed by atoms with Crippen molar-refractivity contribution in [1.29, 1.82) is 0 Å². The number of hydrogen-bond acceptors (Lipinski definition) is 4. The van der Waals surface area contributed by atoms with E-state index >= 15 is 0 Å². The van der Waals surface area contributed by atoms with Gasteiger partial charge in [0.1, 0.15) is 5.82 Å². The molecule has 6 nitrogen and oxygen atoms in total. The van der Waals surface area contributed by atoms with Crippen LogP contribution in [0.3, 0.4) is 0 Å². The summed E-state index contributed by atoms with van der Waals surface area (Å²) in [6.07, 6.45) is 3.40. The fraction of sp³-hybridized carbons (Fsp3) is 0.250. The largest absolute Gasteiger partial charge is 0.348 e. The Morgan fingerprint density at radius 1 is 1.03 bits per heavy atom. The van der Waals surface area contributed by atoms with E-state index < -0.39 is 0 Å². The van der Waals surface area contributed by atoms with Gasteiger partial charge in [0.2, 0.25) is 0 Å². The van der Waals surface area contributed by atoms with Crippen LogP contribution in [0.1, 0.15) is 44.6 Å². The second-order valence-corrected chi connectivity index (χ2v) is 7.69. The lowest BCUT2D eigenvalue weighted by Crippen LogP contribution is -2.25. The molecule has 2 aromatic carbocycles. The molecule has 0 saturated carbocycles. The lowest BCUT2D eigenvalue weighted by atomic mass is 9.94. The summed E-state index contributed by atoms with van der Waals surface area (Å²) in [5.74, 6) is 0.432. The van der Waals surface area contributed by atoms with Crippen LogP contribution in [-0.2, 0) is 6.54 Å². The van der Waals surface area contributed by atoms with Crippen molar-refractivity contribution in [1.82, 2.24) is 20.2 Å². The minimum Gasteiger partial charge on any atom is -0.348 e. The molecule has 1 N–H and O–H groups in total. The van der Waals surface area contributed by atoms with Gasteiger partial charge in [-0.3, -0.25) is 9.59 Å². The Labute approximate surface area is 176 Å². The Morgan fingerprint density at radius 2 is 1.67 bits per heavy atom. The predicted octanol–water partition coefficient (Wildman–Crippen LogP) is 3.53. The van der Waals surface area contributed by atoms with Crippen LogP contribution in [0.25, 0.3) is 11.1 Å². The van der Waals surface area contributed by atoms with Gasteiger partial charge < -0.3 is 10.2 Å². The van der Waals surface area contributed by atoms with Crippen LogP contribution in [-0.4, -0.2) is 39.3 Å². The Morgan fingerprint density at radius 3 is 2.30 bits per heavy atom. The number of hydrogen-bond donors (Lipinski definition) is 1. The lowest BCUT2D eigenvalue weighted by molar-refractivity contribution is 0.0875. The average molecular weight is 400 g/mol. The summed E-state index contributed by atoms with van der Waals surface area (Å²) < 4.78 is 0. The van der Waals surface area contributed by atoms with Gasteiger partial charge in [0.15, 0.2) is 0 Å². The summed E-state index contributed by atoms with van der Waals surface area (Å²) in [4.78, 5) is 36.1. The van der Waals surface area contributed by atoms with Gasteiger partial charge in [0.25, 0.3) is 11.8 Å². The molecule has 0 radical (unpaired) electrons. The molecule has 3 aromatic rings. The number of aromatic nitrogens is 2. The first-order chi connectivity index (χ1) is 14.4. The molecule has 1 aliphatic rings. The molecule has 30 heavy (non-hydrogen) atoms. The third kappa shape index (κ3) is 4.08. The molecular formula is C24H24N4O2. The molecule has 2 heterocycles. The molecule has 2 amide bonds. The number of nitrogens with one attached hydrogen (secondary N) is 1. The maximum Gasteiger partial charge on any atom is 0.254 e. The molecule has 1 aromatic heterocycles. The first kappa shape index (κ1) is 19.8. The number of aryl methyl sites for hydroxylation is 1. The molecule has 1 fully saturated rings. The predicted molar refractivity (Wildman–Crippen MR) is 115 cm³/mol. The Balaban J connectivity index is 1.67. The van der Waals surface area contributed by atoms with Gasteiger partial charge in [-0.15, -0.1) is 0 Å². The number of rotatable bonds is 5. The van der Waals surface area contributed by atoms with E-state index in [2.05, 4.69) is 15.3 Å². The summed E-state index contributed by atoms with van der Waals surface area (Å²) in [6, 6.07) is 13.8. The minimum atomic E-state index is -0.223. The van der Waals surface area contributed by atoms with Crippen LogP contribution >= 0.6 is 0 Å². The van der Waals surface area contributed by atoms with Crippen molar-refractivity contribution in [2.75, 3.05) is 6.54 Å². The van der Waals surface area contributed by atoms with Crippen LogP contribution in [0, 0.1) is 13.8 Å².